The molecule has 0 saturated heterocycles. The zero-order chi connectivity index (χ0) is 18.0. The highest BCUT2D eigenvalue weighted by atomic mass is 79.9. The fourth-order valence-corrected chi connectivity index (χ4v) is 2.73. The maximum Gasteiger partial charge on any atom is 0.302 e. The quantitative estimate of drug-likeness (QED) is 0.606. The molecule has 1 aromatic heterocycles. The number of rotatable bonds is 4. The summed E-state index contributed by atoms with van der Waals surface area (Å²) in [6.07, 6.45) is 0. The third-order valence-electron chi connectivity index (χ3n) is 3.74. The Morgan fingerprint density at radius 1 is 1.24 bits per heavy atom. The summed E-state index contributed by atoms with van der Waals surface area (Å²) in [6, 6.07) is 11.1. The lowest BCUT2D eigenvalue weighted by atomic mass is 10.1. The van der Waals surface area contributed by atoms with Crippen molar-refractivity contribution in [2.75, 3.05) is 6.61 Å². The molecule has 1 heterocycles. The van der Waals surface area contributed by atoms with Crippen molar-refractivity contribution in [1.29, 1.82) is 0 Å². The first-order valence-corrected chi connectivity index (χ1v) is 8.39. The van der Waals surface area contributed by atoms with Gasteiger partial charge < -0.3 is 14.8 Å². The van der Waals surface area contributed by atoms with Crippen LogP contribution in [-0.2, 0) is 4.79 Å². The van der Waals surface area contributed by atoms with E-state index in [4.69, 9.17) is 4.74 Å². The third-order valence-corrected chi connectivity index (χ3v) is 4.59. The first kappa shape index (κ1) is 17.2. The van der Waals surface area contributed by atoms with E-state index in [2.05, 4.69) is 31.1 Å². The van der Waals surface area contributed by atoms with Gasteiger partial charge >= 0.3 is 5.91 Å². The fraction of sp³-hybridized carbons (Fsp3) is 0.167. The van der Waals surface area contributed by atoms with Gasteiger partial charge in [-0.3, -0.25) is 4.79 Å². The van der Waals surface area contributed by atoms with Crippen LogP contribution >= 0.6 is 15.9 Å². The highest BCUT2D eigenvalue weighted by Crippen LogP contribution is 2.37. The number of hydrogen-bond acceptors (Lipinski definition) is 4. The van der Waals surface area contributed by atoms with Crippen molar-refractivity contribution in [2.45, 2.75) is 13.8 Å². The molecule has 0 aliphatic rings. The molecule has 0 unspecified atom stereocenters. The number of nitrogens with one attached hydrogen (secondary N) is 1. The number of halogens is 1. The number of carbonyl (C=O) groups is 1. The SMILES string of the molecule is Cc1cc2c(N=NC(=O)COc3ccccc3C)c(O)[nH]c2cc1Br. The van der Waals surface area contributed by atoms with Gasteiger partial charge in [-0.15, -0.1) is 10.2 Å². The molecule has 7 heteroatoms. The summed E-state index contributed by atoms with van der Waals surface area (Å²) in [5.74, 6) is -0.0452. The van der Waals surface area contributed by atoms with Crippen molar-refractivity contribution in [2.24, 2.45) is 10.2 Å². The molecule has 3 rings (SSSR count). The van der Waals surface area contributed by atoms with Crippen molar-refractivity contribution in [3.63, 3.8) is 0 Å². The van der Waals surface area contributed by atoms with Crippen molar-refractivity contribution in [3.8, 4) is 11.6 Å². The Labute approximate surface area is 152 Å². The second-order valence-corrected chi connectivity index (χ2v) is 6.47. The minimum atomic E-state index is -0.536. The molecule has 0 aliphatic carbocycles. The van der Waals surface area contributed by atoms with E-state index in [1.807, 2.05) is 44.2 Å². The number of azo groups is 1. The van der Waals surface area contributed by atoms with Gasteiger partial charge in [0.2, 0.25) is 5.88 Å². The van der Waals surface area contributed by atoms with Crippen LogP contribution in [0.15, 0.2) is 51.1 Å². The highest BCUT2D eigenvalue weighted by molar-refractivity contribution is 9.10. The van der Waals surface area contributed by atoms with Gasteiger partial charge in [0.05, 0.1) is 5.52 Å². The van der Waals surface area contributed by atoms with E-state index in [-0.39, 0.29) is 18.2 Å². The molecule has 128 valence electrons. The molecule has 1 amide bonds. The number of aryl methyl sites for hydroxylation is 2. The van der Waals surface area contributed by atoms with Gasteiger partial charge in [-0.2, -0.15) is 0 Å². The van der Waals surface area contributed by atoms with E-state index in [0.717, 1.165) is 15.6 Å². The Bertz CT molecular complexity index is 979. The molecule has 0 saturated carbocycles. The van der Waals surface area contributed by atoms with Crippen LogP contribution in [0.1, 0.15) is 11.1 Å². The average molecular weight is 402 g/mol. The Hall–Kier alpha value is -2.67. The van der Waals surface area contributed by atoms with E-state index in [9.17, 15) is 9.90 Å². The molecule has 0 fully saturated rings. The lowest BCUT2D eigenvalue weighted by molar-refractivity contribution is -0.120. The number of aromatic nitrogens is 1. The number of benzene rings is 2. The molecule has 0 radical (unpaired) electrons. The number of ether oxygens (including phenoxy) is 1. The standard InChI is InChI=1S/C18H16BrN3O3/c1-10-5-3-4-6-15(10)25-9-16(23)21-22-17-12-7-11(2)13(19)8-14(12)20-18(17)24/h3-8,20,24H,9H2,1-2H3. The summed E-state index contributed by atoms with van der Waals surface area (Å²) in [6.45, 7) is 3.60. The van der Waals surface area contributed by atoms with Gasteiger partial charge in [0, 0.05) is 9.86 Å². The van der Waals surface area contributed by atoms with Crippen LogP contribution in [0.25, 0.3) is 10.9 Å². The van der Waals surface area contributed by atoms with Gasteiger partial charge in [-0.05, 0) is 43.2 Å². The Kier molecular flexibility index (Phi) is 4.85. The minimum Gasteiger partial charge on any atom is -0.493 e. The zero-order valence-corrected chi connectivity index (χ0v) is 15.3. The molecule has 0 spiro atoms. The number of amides is 1. The van der Waals surface area contributed by atoms with Crippen molar-refractivity contribution in [3.05, 3.63) is 52.0 Å². The van der Waals surface area contributed by atoms with E-state index in [1.54, 1.807) is 6.07 Å². The topological polar surface area (TPSA) is 87.0 Å². The molecule has 2 aromatic carbocycles. The van der Waals surface area contributed by atoms with Gasteiger partial charge in [-0.1, -0.05) is 34.1 Å². The maximum atomic E-state index is 11.9. The first-order valence-electron chi connectivity index (χ1n) is 7.59. The Balaban J connectivity index is 1.76. The van der Waals surface area contributed by atoms with Crippen LogP contribution < -0.4 is 4.74 Å². The fourth-order valence-electron chi connectivity index (χ4n) is 2.39. The normalized spacial score (nSPS) is 11.3. The molecule has 0 aliphatic heterocycles. The molecule has 25 heavy (non-hydrogen) atoms. The maximum absolute atomic E-state index is 11.9. The zero-order valence-electron chi connectivity index (χ0n) is 13.7. The second-order valence-electron chi connectivity index (χ2n) is 5.62. The van der Waals surface area contributed by atoms with Crippen LogP contribution in [0.4, 0.5) is 5.69 Å². The van der Waals surface area contributed by atoms with E-state index in [0.29, 0.717) is 16.7 Å². The van der Waals surface area contributed by atoms with Gasteiger partial charge in [0.25, 0.3) is 0 Å². The van der Waals surface area contributed by atoms with Crippen LogP contribution in [0.2, 0.25) is 0 Å². The van der Waals surface area contributed by atoms with Gasteiger partial charge in [0.1, 0.15) is 5.75 Å². The van der Waals surface area contributed by atoms with Crippen molar-refractivity contribution < 1.29 is 14.6 Å². The van der Waals surface area contributed by atoms with E-state index < -0.39 is 5.91 Å². The van der Waals surface area contributed by atoms with Gasteiger partial charge in [0.15, 0.2) is 12.3 Å². The summed E-state index contributed by atoms with van der Waals surface area (Å²) in [5, 5.41) is 18.2. The predicted molar refractivity (Wildman–Crippen MR) is 98.6 cm³/mol. The molecule has 6 nitrogen and oxygen atoms in total. The summed E-state index contributed by atoms with van der Waals surface area (Å²) >= 11 is 3.43. The number of H-pyrrole nitrogens is 1. The number of aromatic hydroxyl groups is 1. The second kappa shape index (κ2) is 7.06. The Morgan fingerprint density at radius 2 is 2.00 bits per heavy atom. The lowest BCUT2D eigenvalue weighted by Crippen LogP contribution is -2.08. The van der Waals surface area contributed by atoms with E-state index in [1.165, 1.54) is 0 Å². The van der Waals surface area contributed by atoms with Crippen molar-refractivity contribution in [1.82, 2.24) is 4.98 Å². The molecule has 0 bridgehead atoms. The highest BCUT2D eigenvalue weighted by Gasteiger charge is 2.13. The summed E-state index contributed by atoms with van der Waals surface area (Å²) in [7, 11) is 0. The largest absolute Gasteiger partial charge is 0.493 e. The molecule has 3 aromatic rings. The first-order chi connectivity index (χ1) is 12.0. The predicted octanol–water partition coefficient (Wildman–Crippen LogP) is 4.94. The van der Waals surface area contributed by atoms with Crippen LogP contribution in [0.3, 0.4) is 0 Å². The molecular weight excluding hydrogens is 386 g/mol. The molecule has 0 atom stereocenters. The Morgan fingerprint density at radius 3 is 2.76 bits per heavy atom. The number of hydrogen-bond donors (Lipinski definition) is 2. The van der Waals surface area contributed by atoms with E-state index >= 15 is 0 Å². The summed E-state index contributed by atoms with van der Waals surface area (Å²) in [4.78, 5) is 14.7. The summed E-state index contributed by atoms with van der Waals surface area (Å²) in [5.41, 5.74) is 2.85. The number of carbonyl (C=O) groups excluding carboxylic acids is 1. The molecule has 2 N–H and O–H groups in total. The van der Waals surface area contributed by atoms with Crippen LogP contribution in [0, 0.1) is 13.8 Å². The number of fused-ring (bicyclic) bond motifs is 1. The number of aromatic amines is 1. The van der Waals surface area contributed by atoms with Gasteiger partial charge in [-0.25, -0.2) is 0 Å². The third kappa shape index (κ3) is 3.71. The minimum absolute atomic E-state index is 0.135. The number of nitrogens with zero attached hydrogens (tertiary/aromatic N) is 2. The smallest absolute Gasteiger partial charge is 0.302 e. The number of para-hydroxylation sites is 1. The summed E-state index contributed by atoms with van der Waals surface area (Å²) < 4.78 is 6.35. The van der Waals surface area contributed by atoms with Crippen LogP contribution in [-0.4, -0.2) is 22.6 Å². The van der Waals surface area contributed by atoms with Crippen LogP contribution in [0.5, 0.6) is 11.6 Å². The average Bonchev–Trinajstić information content (AvgIpc) is 2.87. The lowest BCUT2D eigenvalue weighted by Gasteiger charge is -2.05. The van der Waals surface area contributed by atoms with Crippen molar-refractivity contribution >= 4 is 38.4 Å². The molecular formula is C18H16BrN3O3. The monoisotopic (exact) mass is 401 g/mol.